The van der Waals surface area contributed by atoms with E-state index >= 15 is 0 Å². The van der Waals surface area contributed by atoms with Gasteiger partial charge in [-0.2, -0.15) is 9.36 Å². The third-order valence-corrected chi connectivity index (χ3v) is 5.83. The molecule has 0 aliphatic carbocycles. The standard InChI is InChI=1S/C25H21N3O4S/c1-16-7-9-19(24(29)26-14-18-8-10-20-22(11-18)31-15-30-20)13-21(16)32-25-27-23(28-33-25)12-17-5-3-2-4-6-17/h2-11,13H,12,14-15H2,1H3,(H,26,29). The Morgan fingerprint density at radius 1 is 1.03 bits per heavy atom. The van der Waals surface area contributed by atoms with Crippen LogP contribution in [-0.2, 0) is 13.0 Å². The van der Waals surface area contributed by atoms with Crippen molar-refractivity contribution in [2.45, 2.75) is 19.9 Å². The molecule has 33 heavy (non-hydrogen) atoms. The summed E-state index contributed by atoms with van der Waals surface area (Å²) in [7, 11) is 0. The van der Waals surface area contributed by atoms with Crippen LogP contribution in [0.1, 0.15) is 32.9 Å². The van der Waals surface area contributed by atoms with E-state index in [0.717, 1.165) is 16.7 Å². The molecule has 1 amide bonds. The average Bonchev–Trinajstić information content (AvgIpc) is 3.48. The fraction of sp³-hybridized carbons (Fsp3) is 0.160. The number of aryl methyl sites for hydroxylation is 1. The maximum absolute atomic E-state index is 12.7. The molecule has 8 heteroatoms. The minimum atomic E-state index is -0.195. The number of nitrogens with one attached hydrogen (secondary N) is 1. The van der Waals surface area contributed by atoms with Gasteiger partial charge in [-0.1, -0.05) is 42.5 Å². The Hall–Kier alpha value is -3.91. The molecule has 5 rings (SSSR count). The zero-order valence-corrected chi connectivity index (χ0v) is 18.7. The van der Waals surface area contributed by atoms with Crippen molar-refractivity contribution in [1.29, 1.82) is 0 Å². The van der Waals surface area contributed by atoms with Gasteiger partial charge < -0.3 is 19.5 Å². The first-order valence-electron chi connectivity index (χ1n) is 10.5. The summed E-state index contributed by atoms with van der Waals surface area (Å²) >= 11 is 1.20. The van der Waals surface area contributed by atoms with E-state index in [1.165, 1.54) is 11.5 Å². The molecule has 1 aliphatic rings. The quantitative estimate of drug-likeness (QED) is 0.424. The van der Waals surface area contributed by atoms with Crippen molar-refractivity contribution in [3.05, 3.63) is 94.8 Å². The number of fused-ring (bicyclic) bond motifs is 1. The first kappa shape index (κ1) is 21.0. The molecule has 0 radical (unpaired) electrons. The van der Waals surface area contributed by atoms with E-state index in [-0.39, 0.29) is 12.7 Å². The molecule has 7 nitrogen and oxygen atoms in total. The Balaban J connectivity index is 1.24. The first-order chi connectivity index (χ1) is 16.1. The Labute approximate surface area is 195 Å². The van der Waals surface area contributed by atoms with Crippen LogP contribution in [-0.4, -0.2) is 22.1 Å². The van der Waals surface area contributed by atoms with Gasteiger partial charge in [0.25, 0.3) is 11.1 Å². The molecule has 0 saturated heterocycles. The van der Waals surface area contributed by atoms with Crippen molar-refractivity contribution < 1.29 is 19.0 Å². The van der Waals surface area contributed by atoms with Gasteiger partial charge in [-0.05, 0) is 47.9 Å². The van der Waals surface area contributed by atoms with Crippen LogP contribution in [0.4, 0.5) is 0 Å². The highest BCUT2D eigenvalue weighted by molar-refractivity contribution is 7.07. The van der Waals surface area contributed by atoms with Gasteiger partial charge >= 0.3 is 0 Å². The number of benzene rings is 3. The predicted octanol–water partition coefficient (Wildman–Crippen LogP) is 4.89. The molecule has 0 atom stereocenters. The van der Waals surface area contributed by atoms with Crippen LogP contribution in [0.5, 0.6) is 22.4 Å². The SMILES string of the molecule is Cc1ccc(C(=O)NCc2ccc3c(c2)OCO3)cc1Oc1nc(Cc2ccccc2)ns1. The van der Waals surface area contributed by atoms with Crippen molar-refractivity contribution in [1.82, 2.24) is 14.7 Å². The molecular weight excluding hydrogens is 438 g/mol. The molecule has 0 spiro atoms. The summed E-state index contributed by atoms with van der Waals surface area (Å²) in [5.41, 5.74) is 3.47. The molecule has 0 bridgehead atoms. The summed E-state index contributed by atoms with van der Waals surface area (Å²) in [6, 6.07) is 21.0. The van der Waals surface area contributed by atoms with Crippen LogP contribution in [0, 0.1) is 6.92 Å². The van der Waals surface area contributed by atoms with Gasteiger partial charge in [0.2, 0.25) is 6.79 Å². The Morgan fingerprint density at radius 2 is 1.88 bits per heavy atom. The number of nitrogens with zero attached hydrogens (tertiary/aromatic N) is 2. The molecule has 3 aromatic carbocycles. The second-order valence-corrected chi connectivity index (χ2v) is 8.31. The molecule has 1 N–H and O–H groups in total. The van der Waals surface area contributed by atoms with E-state index in [2.05, 4.69) is 14.7 Å². The molecule has 4 aromatic rings. The second kappa shape index (κ2) is 9.30. The van der Waals surface area contributed by atoms with Crippen molar-refractivity contribution in [2.24, 2.45) is 0 Å². The maximum Gasteiger partial charge on any atom is 0.298 e. The number of hydrogen-bond acceptors (Lipinski definition) is 7. The molecule has 0 fully saturated rings. The predicted molar refractivity (Wildman–Crippen MR) is 124 cm³/mol. The summed E-state index contributed by atoms with van der Waals surface area (Å²) in [5.74, 6) is 2.50. The van der Waals surface area contributed by atoms with E-state index < -0.39 is 0 Å². The highest BCUT2D eigenvalue weighted by Crippen LogP contribution is 2.32. The topological polar surface area (TPSA) is 82.6 Å². The largest absolute Gasteiger partial charge is 0.454 e. The lowest BCUT2D eigenvalue weighted by molar-refractivity contribution is 0.0950. The van der Waals surface area contributed by atoms with Crippen LogP contribution < -0.4 is 19.5 Å². The number of amides is 1. The molecule has 1 aliphatic heterocycles. The van der Waals surface area contributed by atoms with Crippen molar-refractivity contribution in [2.75, 3.05) is 6.79 Å². The number of ether oxygens (including phenoxy) is 3. The van der Waals surface area contributed by atoms with E-state index in [4.69, 9.17) is 14.2 Å². The molecule has 166 valence electrons. The van der Waals surface area contributed by atoms with Crippen LogP contribution in [0.2, 0.25) is 0 Å². The monoisotopic (exact) mass is 459 g/mol. The zero-order valence-electron chi connectivity index (χ0n) is 17.9. The highest BCUT2D eigenvalue weighted by Gasteiger charge is 2.15. The second-order valence-electron chi connectivity index (χ2n) is 7.59. The third kappa shape index (κ3) is 4.96. The molecular formula is C25H21N3O4S. The first-order valence-corrected chi connectivity index (χ1v) is 11.2. The zero-order chi connectivity index (χ0) is 22.6. The average molecular weight is 460 g/mol. The fourth-order valence-corrected chi connectivity index (χ4v) is 3.97. The Kier molecular flexibility index (Phi) is 5.91. The number of rotatable bonds is 7. The summed E-state index contributed by atoms with van der Waals surface area (Å²) in [6.45, 7) is 2.52. The summed E-state index contributed by atoms with van der Waals surface area (Å²) < 4.78 is 21.1. The normalized spacial score (nSPS) is 11.9. The van der Waals surface area contributed by atoms with Gasteiger partial charge in [0, 0.05) is 30.1 Å². The molecule has 2 heterocycles. The Bertz CT molecular complexity index is 1290. The third-order valence-electron chi connectivity index (χ3n) is 5.19. The van der Waals surface area contributed by atoms with Gasteiger partial charge in [-0.3, -0.25) is 4.79 Å². The smallest absolute Gasteiger partial charge is 0.298 e. The lowest BCUT2D eigenvalue weighted by atomic mass is 10.1. The lowest BCUT2D eigenvalue weighted by Crippen LogP contribution is -2.22. The van der Waals surface area contributed by atoms with E-state index in [1.54, 1.807) is 12.1 Å². The Morgan fingerprint density at radius 3 is 2.76 bits per heavy atom. The number of aromatic nitrogens is 2. The van der Waals surface area contributed by atoms with Crippen LogP contribution >= 0.6 is 11.5 Å². The van der Waals surface area contributed by atoms with Crippen molar-refractivity contribution >= 4 is 17.4 Å². The van der Waals surface area contributed by atoms with Crippen LogP contribution in [0.3, 0.4) is 0 Å². The fourth-order valence-electron chi connectivity index (χ4n) is 3.41. The van der Waals surface area contributed by atoms with E-state index in [0.29, 0.717) is 46.8 Å². The van der Waals surface area contributed by atoms with Crippen LogP contribution in [0.25, 0.3) is 0 Å². The van der Waals surface area contributed by atoms with E-state index in [9.17, 15) is 4.79 Å². The van der Waals surface area contributed by atoms with Crippen molar-refractivity contribution in [3.63, 3.8) is 0 Å². The lowest BCUT2D eigenvalue weighted by Gasteiger charge is -2.10. The minimum Gasteiger partial charge on any atom is -0.454 e. The van der Waals surface area contributed by atoms with Gasteiger partial charge in [0.05, 0.1) is 0 Å². The summed E-state index contributed by atoms with van der Waals surface area (Å²) in [6.07, 6.45) is 0.641. The molecule has 0 unspecified atom stereocenters. The number of carbonyl (C=O) groups is 1. The highest BCUT2D eigenvalue weighted by atomic mass is 32.1. The van der Waals surface area contributed by atoms with Gasteiger partial charge in [-0.25, -0.2) is 0 Å². The van der Waals surface area contributed by atoms with E-state index in [1.807, 2.05) is 61.5 Å². The van der Waals surface area contributed by atoms with Crippen molar-refractivity contribution in [3.8, 4) is 22.4 Å². The number of carbonyl (C=O) groups excluding carboxylic acids is 1. The van der Waals surface area contributed by atoms with Gasteiger partial charge in [0.15, 0.2) is 17.3 Å². The molecule has 0 saturated carbocycles. The minimum absolute atomic E-state index is 0.195. The summed E-state index contributed by atoms with van der Waals surface area (Å²) in [4.78, 5) is 17.2. The molecule has 1 aromatic heterocycles. The van der Waals surface area contributed by atoms with Gasteiger partial charge in [0.1, 0.15) is 5.75 Å². The van der Waals surface area contributed by atoms with Gasteiger partial charge in [-0.15, -0.1) is 0 Å². The van der Waals surface area contributed by atoms with Crippen LogP contribution in [0.15, 0.2) is 66.7 Å². The number of hydrogen-bond donors (Lipinski definition) is 1. The maximum atomic E-state index is 12.7. The summed E-state index contributed by atoms with van der Waals surface area (Å²) in [5, 5.41) is 3.38.